The van der Waals surface area contributed by atoms with Crippen LogP contribution in [0.5, 0.6) is 0 Å². The van der Waals surface area contributed by atoms with Crippen LogP contribution in [0.2, 0.25) is 5.02 Å². The smallest absolute Gasteiger partial charge is 0.287 e. The molecule has 0 saturated carbocycles. The first-order valence-corrected chi connectivity index (χ1v) is 3.75. The van der Waals surface area contributed by atoms with E-state index < -0.39 is 17.6 Å². The van der Waals surface area contributed by atoms with Crippen molar-refractivity contribution in [2.45, 2.75) is 13.1 Å². The molecule has 72 valence electrons. The lowest BCUT2D eigenvalue weighted by atomic mass is 10.2. The molecule has 0 spiro atoms. The number of hydrogen-bond donors (Lipinski definition) is 1. The third-order valence-electron chi connectivity index (χ3n) is 1.55. The SMILES string of the molecule is Cc1[nH+]c(N)c(C(F)(F)F)cc1Cl. The van der Waals surface area contributed by atoms with E-state index in [2.05, 4.69) is 4.98 Å². The topological polar surface area (TPSA) is 40.2 Å². The third-order valence-corrected chi connectivity index (χ3v) is 1.94. The van der Waals surface area contributed by atoms with Gasteiger partial charge in [-0.15, -0.1) is 0 Å². The number of aromatic nitrogens is 1. The lowest BCUT2D eigenvalue weighted by Gasteiger charge is -2.06. The number of halogens is 4. The molecule has 1 rings (SSSR count). The average Bonchev–Trinajstić information content (AvgIpc) is 1.94. The first kappa shape index (κ1) is 10.1. The number of alkyl halides is 3. The van der Waals surface area contributed by atoms with Crippen molar-refractivity contribution in [3.63, 3.8) is 0 Å². The predicted molar refractivity (Wildman–Crippen MR) is 42.2 cm³/mol. The van der Waals surface area contributed by atoms with Crippen molar-refractivity contribution in [3.05, 3.63) is 22.3 Å². The number of nitrogen functional groups attached to an aromatic ring is 1. The molecular formula is C7H7ClF3N2+. The number of aromatic amines is 1. The third kappa shape index (κ3) is 2.03. The summed E-state index contributed by atoms with van der Waals surface area (Å²) in [5.74, 6) is -0.422. The lowest BCUT2D eigenvalue weighted by molar-refractivity contribution is -0.372. The lowest BCUT2D eigenvalue weighted by Crippen LogP contribution is -2.21. The molecule has 0 saturated heterocycles. The van der Waals surface area contributed by atoms with E-state index in [0.29, 0.717) is 5.69 Å². The van der Waals surface area contributed by atoms with Gasteiger partial charge in [0, 0.05) is 0 Å². The summed E-state index contributed by atoms with van der Waals surface area (Å²) in [5, 5.41) is 0.0153. The van der Waals surface area contributed by atoms with Gasteiger partial charge in [0.1, 0.15) is 11.3 Å². The molecule has 1 heterocycles. The van der Waals surface area contributed by atoms with Gasteiger partial charge in [0.05, 0.1) is 5.02 Å². The Bertz CT molecular complexity index is 335. The van der Waals surface area contributed by atoms with Gasteiger partial charge in [0.2, 0.25) is 0 Å². The van der Waals surface area contributed by atoms with Crippen molar-refractivity contribution in [2.75, 3.05) is 5.73 Å². The summed E-state index contributed by atoms with van der Waals surface area (Å²) >= 11 is 5.51. The molecule has 1 aromatic heterocycles. The second-order valence-electron chi connectivity index (χ2n) is 2.57. The number of hydrogen-bond acceptors (Lipinski definition) is 1. The van der Waals surface area contributed by atoms with Crippen LogP contribution in [0.15, 0.2) is 6.07 Å². The van der Waals surface area contributed by atoms with Crippen molar-refractivity contribution in [1.29, 1.82) is 0 Å². The Kier molecular flexibility index (Phi) is 2.38. The van der Waals surface area contributed by atoms with Gasteiger partial charge in [-0.1, -0.05) is 11.6 Å². The molecule has 2 nitrogen and oxygen atoms in total. The Hall–Kier alpha value is -0.970. The quantitative estimate of drug-likeness (QED) is 0.701. The minimum absolute atomic E-state index is 0.0153. The van der Waals surface area contributed by atoms with E-state index in [1.54, 1.807) is 6.92 Å². The molecule has 3 N–H and O–H groups in total. The van der Waals surface area contributed by atoms with Crippen molar-refractivity contribution in [3.8, 4) is 0 Å². The molecule has 0 aliphatic heterocycles. The van der Waals surface area contributed by atoms with Crippen LogP contribution in [0.4, 0.5) is 19.0 Å². The van der Waals surface area contributed by atoms with Gasteiger partial charge in [0.15, 0.2) is 0 Å². The maximum absolute atomic E-state index is 12.2. The van der Waals surface area contributed by atoms with Gasteiger partial charge in [-0.25, -0.2) is 4.98 Å². The van der Waals surface area contributed by atoms with E-state index in [-0.39, 0.29) is 5.02 Å². The van der Waals surface area contributed by atoms with Crippen LogP contribution < -0.4 is 10.7 Å². The Balaban J connectivity index is 3.32. The van der Waals surface area contributed by atoms with E-state index in [4.69, 9.17) is 17.3 Å². The predicted octanol–water partition coefficient (Wildman–Crippen LogP) is 2.06. The zero-order valence-electron chi connectivity index (χ0n) is 6.67. The second-order valence-corrected chi connectivity index (χ2v) is 2.97. The summed E-state index contributed by atoms with van der Waals surface area (Å²) in [6.45, 7) is 1.54. The van der Waals surface area contributed by atoms with Crippen LogP contribution in [-0.2, 0) is 6.18 Å². The van der Waals surface area contributed by atoms with E-state index in [9.17, 15) is 13.2 Å². The normalized spacial score (nSPS) is 11.8. The maximum Gasteiger partial charge on any atom is 0.424 e. The molecule has 0 atom stereocenters. The van der Waals surface area contributed by atoms with Gasteiger partial charge in [-0.3, -0.25) is 5.73 Å². The van der Waals surface area contributed by atoms with Gasteiger partial charge < -0.3 is 0 Å². The molecule has 0 bridgehead atoms. The minimum atomic E-state index is -4.47. The first-order chi connectivity index (χ1) is 5.82. The molecule has 0 aromatic carbocycles. The molecule has 13 heavy (non-hydrogen) atoms. The Morgan fingerprint density at radius 1 is 1.46 bits per heavy atom. The number of rotatable bonds is 0. The van der Waals surface area contributed by atoms with Crippen LogP contribution in [0, 0.1) is 6.92 Å². The second kappa shape index (κ2) is 3.06. The van der Waals surface area contributed by atoms with E-state index >= 15 is 0 Å². The standard InChI is InChI=1S/C7H6ClF3N2/c1-3-5(8)2-4(6(12)13-3)7(9,10)11/h2H,1H3,(H2,12,13)/p+1. The highest BCUT2D eigenvalue weighted by atomic mass is 35.5. The van der Waals surface area contributed by atoms with Gasteiger partial charge in [-0.2, -0.15) is 13.2 Å². The molecule has 1 aromatic rings. The number of nitrogens with two attached hydrogens (primary N) is 1. The van der Waals surface area contributed by atoms with E-state index in [1.165, 1.54) is 0 Å². The van der Waals surface area contributed by atoms with Crippen molar-refractivity contribution >= 4 is 17.4 Å². The highest BCUT2D eigenvalue weighted by molar-refractivity contribution is 6.31. The Labute approximate surface area is 77.5 Å². The van der Waals surface area contributed by atoms with Crippen LogP contribution >= 0.6 is 11.6 Å². The van der Waals surface area contributed by atoms with Crippen LogP contribution in [-0.4, -0.2) is 0 Å². The molecule has 0 aliphatic carbocycles. The number of anilines is 1. The van der Waals surface area contributed by atoms with E-state index in [0.717, 1.165) is 6.07 Å². The highest BCUT2D eigenvalue weighted by Crippen LogP contribution is 2.33. The molecular weight excluding hydrogens is 205 g/mol. The number of aryl methyl sites for hydroxylation is 1. The molecule has 6 heteroatoms. The monoisotopic (exact) mass is 211 g/mol. The summed E-state index contributed by atoms with van der Waals surface area (Å²) in [6, 6.07) is 0.808. The fourth-order valence-corrected chi connectivity index (χ4v) is 1.03. The first-order valence-electron chi connectivity index (χ1n) is 3.37. The minimum Gasteiger partial charge on any atom is -0.287 e. The number of pyridine rings is 1. The molecule has 0 amide bonds. The zero-order chi connectivity index (χ0) is 10.2. The van der Waals surface area contributed by atoms with Crippen LogP contribution in [0.3, 0.4) is 0 Å². The summed E-state index contributed by atoms with van der Waals surface area (Å²) in [4.78, 5) is 2.34. The summed E-state index contributed by atoms with van der Waals surface area (Å²) in [7, 11) is 0. The highest BCUT2D eigenvalue weighted by Gasteiger charge is 2.36. The fourth-order valence-electron chi connectivity index (χ4n) is 0.876. The fraction of sp³-hybridized carbons (Fsp3) is 0.286. The van der Waals surface area contributed by atoms with Crippen molar-refractivity contribution in [1.82, 2.24) is 0 Å². The van der Waals surface area contributed by atoms with Gasteiger partial charge >= 0.3 is 6.18 Å². The molecule has 0 fully saturated rings. The Morgan fingerprint density at radius 3 is 2.46 bits per heavy atom. The largest absolute Gasteiger partial charge is 0.424 e. The van der Waals surface area contributed by atoms with Gasteiger partial charge in [0.25, 0.3) is 5.82 Å². The molecule has 0 aliphatic rings. The summed E-state index contributed by atoms with van der Waals surface area (Å²) < 4.78 is 36.6. The average molecular weight is 212 g/mol. The number of H-pyrrole nitrogens is 1. The van der Waals surface area contributed by atoms with Crippen LogP contribution in [0.25, 0.3) is 0 Å². The van der Waals surface area contributed by atoms with Gasteiger partial charge in [-0.05, 0) is 13.0 Å². The molecule has 0 unspecified atom stereocenters. The van der Waals surface area contributed by atoms with Crippen molar-refractivity contribution < 1.29 is 18.2 Å². The Morgan fingerprint density at radius 2 is 2.00 bits per heavy atom. The number of nitrogens with one attached hydrogen (secondary N) is 1. The van der Waals surface area contributed by atoms with Crippen LogP contribution in [0.1, 0.15) is 11.3 Å². The summed E-state index contributed by atoms with van der Waals surface area (Å²) in [6.07, 6.45) is -4.47. The molecule has 0 radical (unpaired) electrons. The maximum atomic E-state index is 12.2. The zero-order valence-corrected chi connectivity index (χ0v) is 7.42. The van der Waals surface area contributed by atoms with Crippen molar-refractivity contribution in [2.24, 2.45) is 0 Å². The van der Waals surface area contributed by atoms with E-state index in [1.807, 2.05) is 0 Å². The summed E-state index contributed by atoms with van der Waals surface area (Å²) in [5.41, 5.74) is 4.61.